The predicted molar refractivity (Wildman–Crippen MR) is 59.9 cm³/mol. The lowest BCUT2D eigenvalue weighted by Crippen LogP contribution is -2.25. The summed E-state index contributed by atoms with van der Waals surface area (Å²) in [5.41, 5.74) is 0.604. The lowest BCUT2D eigenvalue weighted by atomic mass is 10.2. The zero-order valence-corrected chi connectivity index (χ0v) is 8.82. The van der Waals surface area contributed by atoms with Crippen LogP contribution in [0, 0.1) is 0 Å². The van der Waals surface area contributed by atoms with Crippen LogP contribution in [0.2, 0.25) is 0 Å². The molecule has 2 nitrogen and oxygen atoms in total. The van der Waals surface area contributed by atoms with Gasteiger partial charge in [-0.3, -0.25) is 4.79 Å². The minimum absolute atomic E-state index is 0.0975. The van der Waals surface area contributed by atoms with E-state index >= 15 is 0 Å². The number of nitrogens with one attached hydrogen (secondary N) is 1. The molecule has 0 aromatic heterocycles. The molecule has 0 unspecified atom stereocenters. The van der Waals surface area contributed by atoms with E-state index in [0.29, 0.717) is 22.8 Å². The summed E-state index contributed by atoms with van der Waals surface area (Å²) in [5.74, 6) is 0.542. The van der Waals surface area contributed by atoms with Gasteiger partial charge in [-0.1, -0.05) is 12.1 Å². The Hall–Kier alpha value is -0.610. The Bertz CT molecular complexity index is 301. The third-order valence-corrected chi connectivity index (χ3v) is 2.16. The van der Waals surface area contributed by atoms with Gasteiger partial charge in [-0.2, -0.15) is 12.6 Å². The van der Waals surface area contributed by atoms with Crippen molar-refractivity contribution in [2.75, 3.05) is 12.3 Å². The van der Waals surface area contributed by atoms with Gasteiger partial charge in [-0.25, -0.2) is 0 Å². The van der Waals surface area contributed by atoms with E-state index < -0.39 is 0 Å². The van der Waals surface area contributed by atoms with Crippen molar-refractivity contribution in [2.24, 2.45) is 0 Å². The maximum Gasteiger partial charge on any atom is 0.252 e. The van der Waals surface area contributed by atoms with Crippen molar-refractivity contribution in [3.63, 3.8) is 0 Å². The fourth-order valence-electron chi connectivity index (χ4n) is 0.930. The maximum absolute atomic E-state index is 11.4. The average molecular weight is 213 g/mol. The van der Waals surface area contributed by atoms with Gasteiger partial charge in [-0.15, -0.1) is 12.6 Å². The van der Waals surface area contributed by atoms with Gasteiger partial charge in [0.05, 0.1) is 5.56 Å². The van der Waals surface area contributed by atoms with Crippen LogP contribution in [0.5, 0.6) is 0 Å². The molecule has 1 aromatic rings. The van der Waals surface area contributed by atoms with E-state index in [0.717, 1.165) is 0 Å². The molecule has 0 saturated carbocycles. The Balaban J connectivity index is 2.71. The highest BCUT2D eigenvalue weighted by Gasteiger charge is 2.06. The van der Waals surface area contributed by atoms with Gasteiger partial charge >= 0.3 is 0 Å². The molecule has 0 fully saturated rings. The van der Waals surface area contributed by atoms with E-state index in [1.807, 2.05) is 12.1 Å². The van der Waals surface area contributed by atoms with Gasteiger partial charge in [-0.05, 0) is 12.1 Å². The largest absolute Gasteiger partial charge is 0.351 e. The second-order valence-electron chi connectivity index (χ2n) is 2.50. The Kier molecular flexibility index (Phi) is 4.18. The van der Waals surface area contributed by atoms with Crippen LogP contribution in [-0.4, -0.2) is 18.2 Å². The zero-order valence-electron chi connectivity index (χ0n) is 7.03. The minimum atomic E-state index is -0.0975. The molecular weight excluding hydrogens is 202 g/mol. The minimum Gasteiger partial charge on any atom is -0.351 e. The highest BCUT2D eigenvalue weighted by atomic mass is 32.1. The number of hydrogen-bond acceptors (Lipinski definition) is 3. The van der Waals surface area contributed by atoms with Crippen molar-refractivity contribution < 1.29 is 4.79 Å². The zero-order chi connectivity index (χ0) is 9.68. The molecule has 0 heterocycles. The van der Waals surface area contributed by atoms with E-state index in [2.05, 4.69) is 30.6 Å². The molecule has 0 spiro atoms. The van der Waals surface area contributed by atoms with Crippen LogP contribution in [-0.2, 0) is 0 Å². The summed E-state index contributed by atoms with van der Waals surface area (Å²) in [6.07, 6.45) is 0. The lowest BCUT2D eigenvalue weighted by Gasteiger charge is -2.04. The number of benzene rings is 1. The van der Waals surface area contributed by atoms with Crippen molar-refractivity contribution in [1.29, 1.82) is 0 Å². The first-order valence-corrected chi connectivity index (χ1v) is 5.00. The van der Waals surface area contributed by atoms with Crippen molar-refractivity contribution in [2.45, 2.75) is 4.90 Å². The summed E-state index contributed by atoms with van der Waals surface area (Å²) in [5, 5.41) is 2.73. The van der Waals surface area contributed by atoms with Crippen LogP contribution in [0.1, 0.15) is 10.4 Å². The van der Waals surface area contributed by atoms with Crippen molar-refractivity contribution in [3.05, 3.63) is 29.8 Å². The SMILES string of the molecule is O=C(NCCS)c1ccccc1S. The van der Waals surface area contributed by atoms with E-state index in [4.69, 9.17) is 0 Å². The van der Waals surface area contributed by atoms with Crippen LogP contribution in [0.15, 0.2) is 29.2 Å². The third-order valence-electron chi connectivity index (χ3n) is 1.55. The normalized spacial score (nSPS) is 9.69. The molecule has 4 heteroatoms. The molecule has 1 amide bonds. The number of thiol groups is 2. The molecule has 1 aromatic carbocycles. The van der Waals surface area contributed by atoms with Crippen LogP contribution in [0.3, 0.4) is 0 Å². The quantitative estimate of drug-likeness (QED) is 0.655. The van der Waals surface area contributed by atoms with Gasteiger partial charge in [0, 0.05) is 17.2 Å². The molecule has 0 bridgehead atoms. The predicted octanol–water partition coefficient (Wildman–Crippen LogP) is 1.63. The number of rotatable bonds is 3. The third kappa shape index (κ3) is 2.97. The van der Waals surface area contributed by atoms with E-state index in [1.165, 1.54) is 0 Å². The highest BCUT2D eigenvalue weighted by Crippen LogP contribution is 2.12. The summed E-state index contributed by atoms with van der Waals surface area (Å²) < 4.78 is 0. The molecule has 1 rings (SSSR count). The van der Waals surface area contributed by atoms with Crippen LogP contribution in [0.4, 0.5) is 0 Å². The first kappa shape index (κ1) is 10.5. The van der Waals surface area contributed by atoms with Crippen LogP contribution < -0.4 is 5.32 Å². The molecule has 0 atom stereocenters. The first-order valence-electron chi connectivity index (χ1n) is 3.92. The number of carbonyl (C=O) groups is 1. The second kappa shape index (κ2) is 5.19. The average Bonchev–Trinajstić information content (AvgIpc) is 2.15. The van der Waals surface area contributed by atoms with Gasteiger partial charge in [0.15, 0.2) is 0 Å². The van der Waals surface area contributed by atoms with Gasteiger partial charge in [0.2, 0.25) is 0 Å². The molecular formula is C9H11NOS2. The van der Waals surface area contributed by atoms with Crippen molar-refractivity contribution >= 4 is 31.2 Å². The Morgan fingerprint density at radius 2 is 2.08 bits per heavy atom. The topological polar surface area (TPSA) is 29.1 Å². The molecule has 70 valence electrons. The number of amides is 1. The lowest BCUT2D eigenvalue weighted by molar-refractivity contribution is 0.0953. The standard InChI is InChI=1S/C9H11NOS2/c11-9(10-5-6-12)7-3-1-2-4-8(7)13/h1-4,12-13H,5-6H2,(H,10,11). The summed E-state index contributed by atoms with van der Waals surface area (Å²) in [7, 11) is 0. The Labute approximate surface area is 88.5 Å². The summed E-state index contributed by atoms with van der Waals surface area (Å²) in [4.78, 5) is 12.1. The molecule has 0 saturated heterocycles. The Morgan fingerprint density at radius 1 is 1.38 bits per heavy atom. The second-order valence-corrected chi connectivity index (χ2v) is 3.43. The fourth-order valence-corrected chi connectivity index (χ4v) is 1.30. The van der Waals surface area contributed by atoms with Crippen LogP contribution >= 0.6 is 25.3 Å². The maximum atomic E-state index is 11.4. The van der Waals surface area contributed by atoms with Crippen molar-refractivity contribution in [3.8, 4) is 0 Å². The summed E-state index contributed by atoms with van der Waals surface area (Å²) in [6.45, 7) is 0.573. The summed E-state index contributed by atoms with van der Waals surface area (Å²) in [6, 6.07) is 7.20. The Morgan fingerprint density at radius 3 is 2.69 bits per heavy atom. The highest BCUT2D eigenvalue weighted by molar-refractivity contribution is 7.80. The molecule has 13 heavy (non-hydrogen) atoms. The van der Waals surface area contributed by atoms with E-state index in [9.17, 15) is 4.79 Å². The molecule has 0 aliphatic heterocycles. The molecule has 0 aliphatic rings. The summed E-state index contributed by atoms with van der Waals surface area (Å²) >= 11 is 8.18. The van der Waals surface area contributed by atoms with Gasteiger partial charge in [0.25, 0.3) is 5.91 Å². The van der Waals surface area contributed by atoms with Crippen LogP contribution in [0.25, 0.3) is 0 Å². The smallest absolute Gasteiger partial charge is 0.252 e. The monoisotopic (exact) mass is 213 g/mol. The fraction of sp³-hybridized carbons (Fsp3) is 0.222. The van der Waals surface area contributed by atoms with E-state index in [-0.39, 0.29) is 5.91 Å². The van der Waals surface area contributed by atoms with Gasteiger partial charge in [0.1, 0.15) is 0 Å². The molecule has 1 N–H and O–H groups in total. The number of hydrogen-bond donors (Lipinski definition) is 3. The van der Waals surface area contributed by atoms with E-state index in [1.54, 1.807) is 12.1 Å². The first-order chi connectivity index (χ1) is 6.25. The van der Waals surface area contributed by atoms with Crippen molar-refractivity contribution in [1.82, 2.24) is 5.32 Å². The number of carbonyl (C=O) groups excluding carboxylic acids is 1. The molecule has 0 aliphatic carbocycles. The molecule has 0 radical (unpaired) electrons. The van der Waals surface area contributed by atoms with Gasteiger partial charge < -0.3 is 5.32 Å².